The van der Waals surface area contributed by atoms with Gasteiger partial charge in [0.25, 0.3) is 0 Å². The van der Waals surface area contributed by atoms with Crippen molar-refractivity contribution in [2.24, 2.45) is 0 Å². The molecule has 0 N–H and O–H groups in total. The number of likely N-dealkylation sites (tertiary alicyclic amines) is 1. The second kappa shape index (κ2) is 5.88. The van der Waals surface area contributed by atoms with Crippen LogP contribution in [-0.4, -0.2) is 31.1 Å². The van der Waals surface area contributed by atoms with E-state index in [0.717, 1.165) is 12.1 Å². The van der Waals surface area contributed by atoms with Crippen LogP contribution in [0.25, 0.3) is 0 Å². The lowest BCUT2D eigenvalue weighted by Gasteiger charge is -2.32. The summed E-state index contributed by atoms with van der Waals surface area (Å²) in [5.41, 5.74) is 1.72. The Hall–Kier alpha value is -1.53. The molecule has 3 heteroatoms. The lowest BCUT2D eigenvalue weighted by atomic mass is 10.0. The van der Waals surface area contributed by atoms with Crippen molar-refractivity contribution in [3.05, 3.63) is 29.3 Å². The van der Waals surface area contributed by atoms with E-state index in [1.165, 1.54) is 19.3 Å². The third kappa shape index (κ3) is 3.02. The van der Waals surface area contributed by atoms with E-state index in [4.69, 9.17) is 10.00 Å². The number of nitrogens with zero attached hydrogens (tertiary/aromatic N) is 2. The molecule has 2 rings (SSSR count). The molecule has 0 spiro atoms. The second-order valence-electron chi connectivity index (χ2n) is 5.05. The van der Waals surface area contributed by atoms with Crippen molar-refractivity contribution in [3.63, 3.8) is 0 Å². The largest absolute Gasteiger partial charge is 0.491 e. The van der Waals surface area contributed by atoms with Gasteiger partial charge in [-0.1, -0.05) is 12.5 Å². The quantitative estimate of drug-likeness (QED) is 0.820. The molecular weight excluding hydrogens is 224 g/mol. The van der Waals surface area contributed by atoms with Crippen LogP contribution in [-0.2, 0) is 0 Å². The zero-order valence-electron chi connectivity index (χ0n) is 11.1. The molecule has 0 bridgehead atoms. The number of benzene rings is 1. The summed E-state index contributed by atoms with van der Waals surface area (Å²) >= 11 is 0. The zero-order valence-corrected chi connectivity index (χ0v) is 11.1. The van der Waals surface area contributed by atoms with Crippen molar-refractivity contribution < 1.29 is 4.74 Å². The maximum absolute atomic E-state index is 9.09. The first-order chi connectivity index (χ1) is 8.70. The Balaban J connectivity index is 1.99. The van der Waals surface area contributed by atoms with Gasteiger partial charge in [0, 0.05) is 6.04 Å². The molecule has 0 radical (unpaired) electrons. The van der Waals surface area contributed by atoms with E-state index in [1.807, 2.05) is 25.1 Å². The number of ether oxygens (including phenoxy) is 1. The smallest absolute Gasteiger partial charge is 0.137 e. The first kappa shape index (κ1) is 12.9. The molecule has 0 amide bonds. The average molecular weight is 244 g/mol. The molecule has 1 unspecified atom stereocenters. The van der Waals surface area contributed by atoms with Gasteiger partial charge in [-0.25, -0.2) is 0 Å². The minimum atomic E-state index is 0.478. The number of aryl methyl sites for hydroxylation is 1. The number of hydrogen-bond donors (Lipinski definition) is 0. The summed E-state index contributed by atoms with van der Waals surface area (Å²) in [4.78, 5) is 2.35. The average Bonchev–Trinajstić information content (AvgIpc) is 2.39. The fourth-order valence-electron chi connectivity index (χ4n) is 2.40. The van der Waals surface area contributed by atoms with E-state index < -0.39 is 0 Å². The molecule has 1 atom stereocenters. The summed E-state index contributed by atoms with van der Waals surface area (Å²) < 4.78 is 5.83. The summed E-state index contributed by atoms with van der Waals surface area (Å²) in [5.74, 6) is 0.710. The van der Waals surface area contributed by atoms with Crippen molar-refractivity contribution >= 4 is 0 Å². The minimum Gasteiger partial charge on any atom is -0.491 e. The predicted octanol–water partition coefficient (Wildman–Crippen LogP) is 2.73. The van der Waals surface area contributed by atoms with E-state index >= 15 is 0 Å². The second-order valence-corrected chi connectivity index (χ2v) is 5.05. The van der Waals surface area contributed by atoms with Crippen molar-refractivity contribution in [1.82, 2.24) is 4.90 Å². The monoisotopic (exact) mass is 244 g/mol. The fourth-order valence-corrected chi connectivity index (χ4v) is 2.40. The van der Waals surface area contributed by atoms with E-state index in [0.29, 0.717) is 24.0 Å². The first-order valence-electron chi connectivity index (χ1n) is 6.54. The highest BCUT2D eigenvalue weighted by atomic mass is 16.5. The molecule has 1 fully saturated rings. The van der Waals surface area contributed by atoms with E-state index in [-0.39, 0.29) is 0 Å². The summed E-state index contributed by atoms with van der Waals surface area (Å²) in [6.07, 6.45) is 3.74. The highest BCUT2D eigenvalue weighted by Gasteiger charge is 2.19. The highest BCUT2D eigenvalue weighted by molar-refractivity contribution is 5.45. The van der Waals surface area contributed by atoms with Crippen LogP contribution in [0.15, 0.2) is 18.2 Å². The molecule has 0 saturated carbocycles. The summed E-state index contributed by atoms with van der Waals surface area (Å²) in [5, 5.41) is 9.09. The molecule has 0 aliphatic carbocycles. The molecule has 1 aromatic rings. The van der Waals surface area contributed by atoms with Gasteiger partial charge in [-0.3, -0.25) is 0 Å². The normalized spacial score (nSPS) is 20.4. The Bertz CT molecular complexity index is 450. The van der Waals surface area contributed by atoms with Crippen molar-refractivity contribution in [2.75, 3.05) is 20.2 Å². The van der Waals surface area contributed by atoms with E-state index in [2.05, 4.69) is 18.0 Å². The summed E-state index contributed by atoms with van der Waals surface area (Å²) in [7, 11) is 2.15. The van der Waals surface area contributed by atoms with Crippen molar-refractivity contribution in [2.45, 2.75) is 32.2 Å². The van der Waals surface area contributed by atoms with Crippen LogP contribution in [0.5, 0.6) is 5.75 Å². The summed E-state index contributed by atoms with van der Waals surface area (Å²) in [6.45, 7) is 3.81. The Kier molecular flexibility index (Phi) is 4.22. The Morgan fingerprint density at radius 2 is 2.28 bits per heavy atom. The Morgan fingerprint density at radius 3 is 3.00 bits per heavy atom. The van der Waals surface area contributed by atoms with Gasteiger partial charge >= 0.3 is 0 Å². The zero-order chi connectivity index (χ0) is 13.0. The number of likely N-dealkylation sites (N-methyl/N-ethyl adjacent to an activating group) is 1. The molecular formula is C15H20N2O. The van der Waals surface area contributed by atoms with Crippen molar-refractivity contribution in [1.29, 1.82) is 5.26 Å². The molecule has 1 aliphatic rings. The topological polar surface area (TPSA) is 36.3 Å². The first-order valence-corrected chi connectivity index (χ1v) is 6.54. The number of nitriles is 1. The van der Waals surface area contributed by atoms with E-state index in [1.54, 1.807) is 0 Å². The van der Waals surface area contributed by atoms with Gasteiger partial charge in [0.1, 0.15) is 18.4 Å². The number of hydrogen-bond acceptors (Lipinski definition) is 3. The van der Waals surface area contributed by atoms with Crippen LogP contribution >= 0.6 is 0 Å². The Labute approximate surface area is 109 Å². The van der Waals surface area contributed by atoms with Gasteiger partial charge in [-0.15, -0.1) is 0 Å². The minimum absolute atomic E-state index is 0.478. The van der Waals surface area contributed by atoms with Crippen molar-refractivity contribution in [3.8, 4) is 11.8 Å². The predicted molar refractivity (Wildman–Crippen MR) is 71.7 cm³/mol. The standard InChI is InChI=1S/C15H20N2O/c1-12-6-7-15(13(9-12)10-16)18-11-14-5-3-4-8-17(14)2/h6-7,9,14H,3-5,8,11H2,1-2H3. The summed E-state index contributed by atoms with van der Waals surface area (Å²) in [6, 6.07) is 8.44. The van der Waals surface area contributed by atoms with Crippen LogP contribution < -0.4 is 4.74 Å². The molecule has 0 aromatic heterocycles. The lowest BCUT2D eigenvalue weighted by molar-refractivity contribution is 0.125. The lowest BCUT2D eigenvalue weighted by Crippen LogP contribution is -2.40. The van der Waals surface area contributed by atoms with Crippen LogP contribution in [0.3, 0.4) is 0 Å². The van der Waals surface area contributed by atoms with Gasteiger partial charge in [-0.2, -0.15) is 5.26 Å². The Morgan fingerprint density at radius 1 is 1.44 bits per heavy atom. The SMILES string of the molecule is Cc1ccc(OCC2CCCCN2C)c(C#N)c1. The molecule has 1 aromatic carbocycles. The maximum atomic E-state index is 9.09. The van der Waals surface area contributed by atoms with E-state index in [9.17, 15) is 0 Å². The maximum Gasteiger partial charge on any atom is 0.137 e. The van der Waals surface area contributed by atoms with Gasteiger partial charge in [-0.05, 0) is 51.1 Å². The molecule has 18 heavy (non-hydrogen) atoms. The number of piperidine rings is 1. The van der Waals surface area contributed by atoms with Crippen LogP contribution in [0.1, 0.15) is 30.4 Å². The highest BCUT2D eigenvalue weighted by Crippen LogP contribution is 2.21. The third-order valence-corrected chi connectivity index (χ3v) is 3.61. The van der Waals surface area contributed by atoms with Crippen LogP contribution in [0.4, 0.5) is 0 Å². The molecule has 1 aliphatic heterocycles. The van der Waals surface area contributed by atoms with Crippen LogP contribution in [0, 0.1) is 18.3 Å². The van der Waals surface area contributed by atoms with Gasteiger partial charge in [0.15, 0.2) is 0 Å². The van der Waals surface area contributed by atoms with Gasteiger partial charge in [0.05, 0.1) is 5.56 Å². The molecule has 1 saturated heterocycles. The molecule has 3 nitrogen and oxygen atoms in total. The fraction of sp³-hybridized carbons (Fsp3) is 0.533. The van der Waals surface area contributed by atoms with Crippen LogP contribution in [0.2, 0.25) is 0 Å². The molecule has 96 valence electrons. The van der Waals surface area contributed by atoms with Gasteiger partial charge < -0.3 is 9.64 Å². The number of rotatable bonds is 3. The van der Waals surface area contributed by atoms with Gasteiger partial charge in [0.2, 0.25) is 0 Å². The third-order valence-electron chi connectivity index (χ3n) is 3.61. The molecule has 1 heterocycles.